The molecule has 1 aliphatic rings. The standard InChI is InChI=1S/C25H22Cl2N4O3/c26-17-10-12-19(13-11-17)28-25(34)30-23-24(33)31(14-18(27)15-32)21-9-5-4-8-20(21)22(29-23)16-6-2-1-3-7-16/h1-13,18,23,32H,14-15H2,(H2,28,30,34). The van der Waals surface area contributed by atoms with Gasteiger partial charge in [-0.25, -0.2) is 9.79 Å². The van der Waals surface area contributed by atoms with E-state index in [2.05, 4.69) is 15.6 Å². The minimum absolute atomic E-state index is 0.0441. The van der Waals surface area contributed by atoms with Crippen LogP contribution in [-0.2, 0) is 4.79 Å². The molecule has 3 aromatic carbocycles. The van der Waals surface area contributed by atoms with Gasteiger partial charge in [0.05, 0.1) is 23.4 Å². The molecule has 2 atom stereocenters. The molecule has 2 unspecified atom stereocenters. The second kappa shape index (κ2) is 10.7. The minimum Gasteiger partial charge on any atom is -0.395 e. The zero-order chi connectivity index (χ0) is 24.1. The van der Waals surface area contributed by atoms with Crippen molar-refractivity contribution in [3.05, 3.63) is 95.0 Å². The molecule has 3 N–H and O–H groups in total. The number of alkyl halides is 1. The Morgan fingerprint density at radius 3 is 2.41 bits per heavy atom. The number of fused-ring (bicyclic) bond motifs is 1. The molecule has 0 radical (unpaired) electrons. The van der Waals surface area contributed by atoms with Crippen molar-refractivity contribution in [3.63, 3.8) is 0 Å². The number of hydrogen-bond acceptors (Lipinski definition) is 4. The van der Waals surface area contributed by atoms with Gasteiger partial charge in [-0.1, -0.05) is 60.1 Å². The summed E-state index contributed by atoms with van der Waals surface area (Å²) in [4.78, 5) is 32.5. The molecule has 0 aromatic heterocycles. The molecule has 1 aliphatic heterocycles. The van der Waals surface area contributed by atoms with Gasteiger partial charge in [0, 0.05) is 28.4 Å². The third-order valence-corrected chi connectivity index (χ3v) is 5.73. The zero-order valence-corrected chi connectivity index (χ0v) is 19.5. The van der Waals surface area contributed by atoms with Crippen molar-refractivity contribution in [2.24, 2.45) is 4.99 Å². The number of halogens is 2. The first-order valence-corrected chi connectivity index (χ1v) is 11.4. The Morgan fingerprint density at radius 1 is 1.03 bits per heavy atom. The highest BCUT2D eigenvalue weighted by molar-refractivity contribution is 6.30. The van der Waals surface area contributed by atoms with Gasteiger partial charge in [-0.15, -0.1) is 11.6 Å². The van der Waals surface area contributed by atoms with Crippen LogP contribution >= 0.6 is 23.2 Å². The van der Waals surface area contributed by atoms with Gasteiger partial charge in [0.25, 0.3) is 5.91 Å². The van der Waals surface area contributed by atoms with Crippen molar-refractivity contribution in [1.29, 1.82) is 0 Å². The molecule has 9 heteroatoms. The molecule has 7 nitrogen and oxygen atoms in total. The van der Waals surface area contributed by atoms with Crippen molar-refractivity contribution in [2.75, 3.05) is 23.4 Å². The Morgan fingerprint density at radius 2 is 1.71 bits per heavy atom. The molecule has 4 rings (SSSR count). The van der Waals surface area contributed by atoms with E-state index < -0.39 is 23.5 Å². The molecule has 3 amide bonds. The number of amides is 3. The van der Waals surface area contributed by atoms with Crippen LogP contribution in [0.3, 0.4) is 0 Å². The number of carbonyl (C=O) groups excluding carboxylic acids is 2. The van der Waals surface area contributed by atoms with Crippen LogP contribution < -0.4 is 15.5 Å². The number of urea groups is 1. The highest BCUT2D eigenvalue weighted by atomic mass is 35.5. The molecule has 1 heterocycles. The van der Waals surface area contributed by atoms with Crippen molar-refractivity contribution in [1.82, 2.24) is 5.32 Å². The number of aliphatic hydroxyl groups excluding tert-OH is 1. The van der Waals surface area contributed by atoms with Gasteiger partial charge in [0.1, 0.15) is 0 Å². The first kappa shape index (κ1) is 23.8. The van der Waals surface area contributed by atoms with Gasteiger partial charge < -0.3 is 20.6 Å². The van der Waals surface area contributed by atoms with E-state index >= 15 is 0 Å². The summed E-state index contributed by atoms with van der Waals surface area (Å²) in [5.41, 5.74) is 3.16. The van der Waals surface area contributed by atoms with Gasteiger partial charge >= 0.3 is 6.03 Å². The number of aliphatic hydroxyl groups is 1. The number of aliphatic imine (C=N–C) groups is 1. The lowest BCUT2D eigenvalue weighted by Crippen LogP contribution is -2.50. The number of benzodiazepines with no additional fused rings is 1. The number of para-hydroxylation sites is 1. The Kier molecular flexibility index (Phi) is 7.47. The summed E-state index contributed by atoms with van der Waals surface area (Å²) in [5, 5.41) is 14.7. The SMILES string of the molecule is O=C(Nc1ccc(Cl)cc1)NC1N=C(c2ccccc2)c2ccccc2N(CC(Cl)CO)C1=O. The molecular formula is C25H22Cl2N4O3. The molecule has 0 bridgehead atoms. The van der Waals surface area contributed by atoms with E-state index in [1.54, 1.807) is 30.3 Å². The van der Waals surface area contributed by atoms with Crippen molar-refractivity contribution in [2.45, 2.75) is 11.5 Å². The molecule has 174 valence electrons. The fraction of sp³-hybridized carbons (Fsp3) is 0.160. The average Bonchev–Trinajstić information content (AvgIpc) is 2.96. The smallest absolute Gasteiger partial charge is 0.321 e. The first-order valence-electron chi connectivity index (χ1n) is 10.6. The Labute approximate surface area is 207 Å². The highest BCUT2D eigenvalue weighted by Gasteiger charge is 2.33. The molecule has 0 spiro atoms. The Bertz CT molecular complexity index is 1200. The Balaban J connectivity index is 1.72. The molecular weight excluding hydrogens is 475 g/mol. The molecule has 0 saturated carbocycles. The van der Waals surface area contributed by atoms with E-state index in [0.29, 0.717) is 27.7 Å². The predicted molar refractivity (Wildman–Crippen MR) is 135 cm³/mol. The number of carbonyl (C=O) groups is 2. The van der Waals surface area contributed by atoms with Crippen LogP contribution in [0.1, 0.15) is 11.1 Å². The van der Waals surface area contributed by atoms with E-state index in [4.69, 9.17) is 23.2 Å². The van der Waals surface area contributed by atoms with Gasteiger partial charge in [-0.3, -0.25) is 4.79 Å². The van der Waals surface area contributed by atoms with E-state index in [1.165, 1.54) is 4.90 Å². The molecule has 3 aromatic rings. The molecule has 0 fully saturated rings. The minimum atomic E-state index is -1.22. The van der Waals surface area contributed by atoms with Crippen LogP contribution in [0, 0.1) is 0 Å². The number of anilines is 2. The molecule has 0 saturated heterocycles. The Hall–Kier alpha value is -3.39. The summed E-state index contributed by atoms with van der Waals surface area (Å²) in [5.74, 6) is -0.469. The van der Waals surface area contributed by atoms with Crippen molar-refractivity contribution < 1.29 is 14.7 Å². The van der Waals surface area contributed by atoms with E-state index in [0.717, 1.165) is 5.56 Å². The fourth-order valence-electron chi connectivity index (χ4n) is 3.62. The third kappa shape index (κ3) is 5.39. The number of nitrogens with zero attached hydrogens (tertiary/aromatic N) is 2. The van der Waals surface area contributed by atoms with Crippen LogP contribution in [0.2, 0.25) is 5.02 Å². The average molecular weight is 497 g/mol. The van der Waals surface area contributed by atoms with E-state index in [1.807, 2.05) is 48.5 Å². The first-order chi connectivity index (χ1) is 16.5. The van der Waals surface area contributed by atoms with Gasteiger partial charge in [0.15, 0.2) is 0 Å². The van der Waals surface area contributed by atoms with Crippen LogP contribution in [0.15, 0.2) is 83.9 Å². The number of benzene rings is 3. The van der Waals surface area contributed by atoms with Crippen LogP contribution in [-0.4, -0.2) is 47.5 Å². The van der Waals surface area contributed by atoms with Crippen LogP contribution in [0.25, 0.3) is 0 Å². The maximum atomic E-state index is 13.6. The zero-order valence-electron chi connectivity index (χ0n) is 18.0. The normalized spacial score (nSPS) is 16.2. The summed E-state index contributed by atoms with van der Waals surface area (Å²) in [7, 11) is 0. The molecule has 0 aliphatic carbocycles. The summed E-state index contributed by atoms with van der Waals surface area (Å²) in [6.45, 7) is -0.266. The van der Waals surface area contributed by atoms with Crippen molar-refractivity contribution >= 4 is 52.2 Å². The van der Waals surface area contributed by atoms with E-state index in [9.17, 15) is 14.7 Å². The largest absolute Gasteiger partial charge is 0.395 e. The predicted octanol–water partition coefficient (Wildman–Crippen LogP) is 4.27. The van der Waals surface area contributed by atoms with Crippen molar-refractivity contribution in [3.8, 4) is 0 Å². The molecule has 34 heavy (non-hydrogen) atoms. The summed E-state index contributed by atoms with van der Waals surface area (Å²) < 4.78 is 0. The number of hydrogen-bond donors (Lipinski definition) is 3. The van der Waals surface area contributed by atoms with Gasteiger partial charge in [-0.2, -0.15) is 0 Å². The maximum absolute atomic E-state index is 13.6. The quantitative estimate of drug-likeness (QED) is 0.444. The van der Waals surface area contributed by atoms with Gasteiger partial charge in [-0.05, 0) is 30.3 Å². The maximum Gasteiger partial charge on any atom is 0.321 e. The highest BCUT2D eigenvalue weighted by Crippen LogP contribution is 2.29. The second-order valence-corrected chi connectivity index (χ2v) is 8.65. The summed E-state index contributed by atoms with van der Waals surface area (Å²) in [6, 6.07) is 22.7. The van der Waals surface area contributed by atoms with Gasteiger partial charge in [0.2, 0.25) is 6.17 Å². The lowest BCUT2D eigenvalue weighted by molar-refractivity contribution is -0.120. The fourth-order valence-corrected chi connectivity index (χ4v) is 3.88. The van der Waals surface area contributed by atoms with Crippen LogP contribution in [0.4, 0.5) is 16.2 Å². The van der Waals surface area contributed by atoms with Crippen LogP contribution in [0.5, 0.6) is 0 Å². The summed E-state index contributed by atoms with van der Waals surface area (Å²) >= 11 is 12.1. The topological polar surface area (TPSA) is 94.0 Å². The summed E-state index contributed by atoms with van der Waals surface area (Å²) in [6.07, 6.45) is -1.22. The lowest BCUT2D eigenvalue weighted by atomic mass is 10.0. The van der Waals surface area contributed by atoms with E-state index in [-0.39, 0.29) is 13.2 Å². The number of rotatable bonds is 6. The monoisotopic (exact) mass is 496 g/mol. The second-order valence-electron chi connectivity index (χ2n) is 7.60. The number of nitrogens with one attached hydrogen (secondary N) is 2. The lowest BCUT2D eigenvalue weighted by Gasteiger charge is -2.27. The third-order valence-electron chi connectivity index (χ3n) is 5.20.